The van der Waals surface area contributed by atoms with Gasteiger partial charge in [-0.25, -0.2) is 4.79 Å². The average molecular weight is 472 g/mol. The Morgan fingerprint density at radius 3 is 2.59 bits per heavy atom. The molecule has 2 N–H and O–H groups in total. The molecule has 1 aliphatic rings. The van der Waals surface area contributed by atoms with E-state index in [-0.39, 0.29) is 23.7 Å². The van der Waals surface area contributed by atoms with E-state index in [1.54, 1.807) is 0 Å². The number of nitrogens with one attached hydrogen (secondary N) is 1. The smallest absolute Gasteiger partial charge is 0.339 e. The molecule has 0 bridgehead atoms. The van der Waals surface area contributed by atoms with Crippen molar-refractivity contribution in [2.45, 2.75) is 65.3 Å². The van der Waals surface area contributed by atoms with Gasteiger partial charge in [0.2, 0.25) is 5.91 Å². The van der Waals surface area contributed by atoms with E-state index < -0.39 is 30.8 Å². The molecule has 0 radical (unpaired) electrons. The zero-order valence-electron chi connectivity index (χ0n) is 25.2. The van der Waals surface area contributed by atoms with Crippen LogP contribution in [0, 0.1) is 5.92 Å². The van der Waals surface area contributed by atoms with E-state index in [1.807, 2.05) is 38.1 Å². The van der Waals surface area contributed by atoms with E-state index in [2.05, 4.69) is 10.2 Å². The first kappa shape index (κ1) is 19.3. The van der Waals surface area contributed by atoms with E-state index in [9.17, 15) is 16.1 Å². The number of carboxylic acids is 1. The fourth-order valence-electron chi connectivity index (χ4n) is 4.22. The van der Waals surface area contributed by atoms with Crippen LogP contribution in [0.5, 0.6) is 5.75 Å². The zero-order chi connectivity index (χ0) is 29.0. The SMILES string of the molecule is [2H]C([2H])(C)C([2H])([2H])Oc1cc(CC(=O)N[C@@]([2H])(CC(C)C)c2ccccc2N2CCCCC2)ccc1C(=O)O. The Morgan fingerprint density at radius 1 is 1.18 bits per heavy atom. The van der Waals surface area contributed by atoms with Crippen molar-refractivity contribution in [3.8, 4) is 5.75 Å². The number of aromatic carboxylic acids is 1. The van der Waals surface area contributed by atoms with Crippen LogP contribution in [0.1, 0.15) is 87.2 Å². The van der Waals surface area contributed by atoms with E-state index in [4.69, 9.17) is 10.2 Å². The third kappa shape index (κ3) is 6.99. The second kappa shape index (κ2) is 12.4. The molecule has 1 fully saturated rings. The van der Waals surface area contributed by atoms with Crippen LogP contribution in [0.25, 0.3) is 0 Å². The van der Waals surface area contributed by atoms with Gasteiger partial charge in [-0.15, -0.1) is 0 Å². The van der Waals surface area contributed by atoms with Crippen molar-refractivity contribution < 1.29 is 26.3 Å². The van der Waals surface area contributed by atoms with Crippen molar-refractivity contribution in [2.75, 3.05) is 24.5 Å². The molecule has 0 saturated carbocycles. The van der Waals surface area contributed by atoms with E-state index in [1.165, 1.54) is 24.6 Å². The number of amides is 1. The third-order valence-electron chi connectivity index (χ3n) is 5.73. The molecule has 1 amide bonds. The summed E-state index contributed by atoms with van der Waals surface area (Å²) >= 11 is 0. The maximum Gasteiger partial charge on any atom is 0.339 e. The Morgan fingerprint density at radius 2 is 1.91 bits per heavy atom. The Hall–Kier alpha value is -3.02. The molecule has 34 heavy (non-hydrogen) atoms. The molecule has 184 valence electrons. The van der Waals surface area contributed by atoms with Gasteiger partial charge in [0.25, 0.3) is 0 Å². The molecule has 0 aliphatic carbocycles. The number of carbonyl (C=O) groups is 2. The number of anilines is 1. The molecule has 0 unspecified atom stereocenters. The van der Waals surface area contributed by atoms with Gasteiger partial charge < -0.3 is 20.1 Å². The third-order valence-corrected chi connectivity index (χ3v) is 5.73. The topological polar surface area (TPSA) is 78.9 Å². The summed E-state index contributed by atoms with van der Waals surface area (Å²) in [5.74, 6) is -2.09. The molecular weight excluding hydrogens is 428 g/mol. The van der Waals surface area contributed by atoms with Gasteiger partial charge in [0, 0.05) is 21.5 Å². The number of rotatable bonds is 11. The summed E-state index contributed by atoms with van der Waals surface area (Å²) in [6.07, 6.45) is 1.07. The van der Waals surface area contributed by atoms with Crippen molar-refractivity contribution in [3.05, 3.63) is 59.2 Å². The molecule has 6 heteroatoms. The van der Waals surface area contributed by atoms with Crippen molar-refractivity contribution in [1.29, 1.82) is 0 Å². The van der Waals surface area contributed by atoms with Gasteiger partial charge in [0.1, 0.15) is 11.3 Å². The lowest BCUT2D eigenvalue weighted by Crippen LogP contribution is -2.34. The Balaban J connectivity index is 1.90. The quantitative estimate of drug-likeness (QED) is 0.445. The number of benzene rings is 2. The lowest BCUT2D eigenvalue weighted by Gasteiger charge is -2.33. The van der Waals surface area contributed by atoms with Crippen LogP contribution < -0.4 is 15.0 Å². The second-order valence-electron chi connectivity index (χ2n) is 8.96. The van der Waals surface area contributed by atoms with Gasteiger partial charge >= 0.3 is 5.97 Å². The minimum Gasteiger partial charge on any atom is -0.493 e. The second-order valence-corrected chi connectivity index (χ2v) is 8.96. The Kier molecular flexibility index (Phi) is 7.07. The molecule has 3 rings (SSSR count). The number of carboxylic acid groups (broad SMARTS) is 1. The Bertz CT molecular complexity index is 1180. The van der Waals surface area contributed by atoms with Crippen LogP contribution in [-0.4, -0.2) is 36.6 Å². The van der Waals surface area contributed by atoms with Crippen LogP contribution in [0.4, 0.5) is 5.69 Å². The molecule has 0 spiro atoms. The monoisotopic (exact) mass is 471 g/mol. The van der Waals surface area contributed by atoms with Crippen molar-refractivity contribution in [2.24, 2.45) is 5.92 Å². The number of piperidine rings is 1. The van der Waals surface area contributed by atoms with Crippen molar-refractivity contribution in [1.82, 2.24) is 5.32 Å². The summed E-state index contributed by atoms with van der Waals surface area (Å²) in [4.78, 5) is 27.3. The first-order chi connectivity index (χ1) is 18.1. The minimum atomic E-state index is -2.82. The van der Waals surface area contributed by atoms with E-state index in [0.29, 0.717) is 12.0 Å². The highest BCUT2D eigenvalue weighted by Gasteiger charge is 2.23. The number of ether oxygens (including phenoxy) is 1. The number of para-hydroxylation sites is 1. The molecule has 1 heterocycles. The summed E-state index contributed by atoms with van der Waals surface area (Å²) in [6, 6.07) is 10.1. The highest BCUT2D eigenvalue weighted by Crippen LogP contribution is 2.32. The Labute approximate surface area is 210 Å². The van der Waals surface area contributed by atoms with Crippen LogP contribution >= 0.6 is 0 Å². The molecule has 6 nitrogen and oxygen atoms in total. The lowest BCUT2D eigenvalue weighted by molar-refractivity contribution is -0.121. The average Bonchev–Trinajstić information content (AvgIpc) is 2.83. The first-order valence-electron chi connectivity index (χ1n) is 14.3. The number of nitrogens with zero attached hydrogens (tertiary/aromatic N) is 1. The van der Waals surface area contributed by atoms with Crippen molar-refractivity contribution >= 4 is 17.6 Å². The fourth-order valence-corrected chi connectivity index (χ4v) is 4.22. The summed E-state index contributed by atoms with van der Waals surface area (Å²) in [5, 5.41) is 12.4. The van der Waals surface area contributed by atoms with Gasteiger partial charge in [-0.2, -0.15) is 0 Å². The van der Waals surface area contributed by atoms with E-state index >= 15 is 0 Å². The summed E-state index contributed by atoms with van der Waals surface area (Å²) in [6.45, 7) is 3.95. The highest BCUT2D eigenvalue weighted by atomic mass is 16.5. The zero-order valence-corrected chi connectivity index (χ0v) is 20.2. The van der Waals surface area contributed by atoms with Crippen LogP contribution in [0.15, 0.2) is 42.5 Å². The molecule has 2 aromatic rings. The molecule has 1 saturated heterocycles. The van der Waals surface area contributed by atoms with Crippen molar-refractivity contribution in [3.63, 3.8) is 0 Å². The normalized spacial score (nSPS) is 18.6. The molecule has 2 aromatic carbocycles. The maximum atomic E-state index is 13.3. The number of hydrogen-bond acceptors (Lipinski definition) is 4. The molecule has 1 aliphatic heterocycles. The maximum absolute atomic E-state index is 13.3. The van der Waals surface area contributed by atoms with E-state index in [0.717, 1.165) is 44.1 Å². The minimum absolute atomic E-state index is 0.110. The summed E-state index contributed by atoms with van der Waals surface area (Å²) in [7, 11) is 0. The van der Waals surface area contributed by atoms with Gasteiger partial charge in [-0.3, -0.25) is 4.79 Å². The predicted octanol–water partition coefficient (Wildman–Crippen LogP) is 5.61. The predicted molar refractivity (Wildman–Crippen MR) is 136 cm³/mol. The summed E-state index contributed by atoms with van der Waals surface area (Å²) < 4.78 is 45.8. The molecule has 1 atom stereocenters. The highest BCUT2D eigenvalue weighted by molar-refractivity contribution is 5.91. The van der Waals surface area contributed by atoms with Crippen LogP contribution in [-0.2, 0) is 11.2 Å². The van der Waals surface area contributed by atoms with Gasteiger partial charge in [0.15, 0.2) is 0 Å². The van der Waals surface area contributed by atoms with Gasteiger partial charge in [-0.05, 0) is 67.3 Å². The molecular formula is C28H38N2O4. The fraction of sp³-hybridized carbons (Fsp3) is 0.500. The van der Waals surface area contributed by atoms with Gasteiger partial charge in [0.05, 0.1) is 23.1 Å². The standard InChI is InChI=1S/C28H38N2O4/c1-4-16-34-26-18-21(12-13-23(26)28(32)33)19-27(31)29-24(17-20(2)3)22-10-6-7-11-25(22)30-14-8-5-9-15-30/h6-7,10-13,18,20,24H,4-5,8-9,14-17,19H2,1-3H3,(H,29,31)(H,32,33)/t24-/m0/s1/i4D2,16D2,24D. The largest absolute Gasteiger partial charge is 0.493 e. The number of carbonyl (C=O) groups excluding carboxylic acids is 1. The number of hydrogen-bond donors (Lipinski definition) is 2. The lowest BCUT2D eigenvalue weighted by atomic mass is 9.94. The first-order valence-corrected chi connectivity index (χ1v) is 11.8. The molecule has 0 aromatic heterocycles. The van der Waals surface area contributed by atoms with Crippen LogP contribution in [0.2, 0.25) is 0 Å². The summed E-state index contributed by atoms with van der Waals surface area (Å²) in [5.41, 5.74) is 1.65. The van der Waals surface area contributed by atoms with Gasteiger partial charge in [-0.1, -0.05) is 45.0 Å². The van der Waals surface area contributed by atoms with Crippen LogP contribution in [0.3, 0.4) is 0 Å².